The van der Waals surface area contributed by atoms with Crippen molar-refractivity contribution < 1.29 is 14.1 Å². The summed E-state index contributed by atoms with van der Waals surface area (Å²) >= 11 is 0. The molecule has 0 aromatic carbocycles. The van der Waals surface area contributed by atoms with Gasteiger partial charge in [0.05, 0.1) is 5.92 Å². The molecular weight excluding hydrogens is 320 g/mol. The van der Waals surface area contributed by atoms with E-state index in [4.69, 9.17) is 9.26 Å². The molecule has 1 aliphatic heterocycles. The van der Waals surface area contributed by atoms with Crippen LogP contribution in [0.3, 0.4) is 0 Å². The van der Waals surface area contributed by atoms with Crippen LogP contribution in [0.4, 0.5) is 4.79 Å². The minimum Gasteiger partial charge on any atom is -0.444 e. The van der Waals surface area contributed by atoms with Crippen LogP contribution < -0.4 is 0 Å². The third-order valence-electron chi connectivity index (χ3n) is 4.37. The van der Waals surface area contributed by atoms with E-state index in [0.717, 1.165) is 18.4 Å². The summed E-state index contributed by atoms with van der Waals surface area (Å²) in [5, 5.41) is 3.76. The van der Waals surface area contributed by atoms with E-state index in [1.54, 1.807) is 17.3 Å². The Morgan fingerprint density at radius 3 is 2.52 bits per heavy atom. The highest BCUT2D eigenvalue weighted by atomic mass is 16.6. The minimum atomic E-state index is -0.475. The van der Waals surface area contributed by atoms with Crippen LogP contribution in [0.5, 0.6) is 0 Å². The Labute approximate surface area is 147 Å². The summed E-state index contributed by atoms with van der Waals surface area (Å²) in [7, 11) is 0. The fraction of sp³-hybridized carbons (Fsp3) is 0.556. The molecule has 1 unspecified atom stereocenters. The standard InChI is InChI=1S/C18H24N4O3/c1-18(2,3)24-17(23)22-10-6-14(7-11-22)15(16-20-12-21-25-16)13-4-8-19-9-5-13/h4-5,8-9,12,14-15H,6-7,10-11H2,1-3H3. The molecule has 25 heavy (non-hydrogen) atoms. The van der Waals surface area contributed by atoms with Gasteiger partial charge >= 0.3 is 6.09 Å². The molecule has 3 heterocycles. The molecule has 0 radical (unpaired) electrons. The highest BCUT2D eigenvalue weighted by Crippen LogP contribution is 2.37. The van der Waals surface area contributed by atoms with Crippen molar-refractivity contribution in [3.05, 3.63) is 42.3 Å². The Hall–Kier alpha value is -2.44. The van der Waals surface area contributed by atoms with Gasteiger partial charge in [-0.05, 0) is 57.2 Å². The summed E-state index contributed by atoms with van der Waals surface area (Å²) in [6, 6.07) is 3.96. The zero-order valence-electron chi connectivity index (χ0n) is 14.9. The molecule has 1 amide bonds. The molecule has 7 heteroatoms. The van der Waals surface area contributed by atoms with Crippen molar-refractivity contribution in [3.8, 4) is 0 Å². The fourth-order valence-electron chi connectivity index (χ4n) is 3.25. The molecule has 1 atom stereocenters. The first kappa shape index (κ1) is 17.4. The maximum Gasteiger partial charge on any atom is 0.410 e. The second-order valence-electron chi connectivity index (χ2n) is 7.34. The van der Waals surface area contributed by atoms with E-state index in [9.17, 15) is 4.79 Å². The molecule has 2 aromatic heterocycles. The van der Waals surface area contributed by atoms with Crippen molar-refractivity contribution >= 4 is 6.09 Å². The highest BCUT2D eigenvalue weighted by molar-refractivity contribution is 5.68. The molecule has 0 saturated carbocycles. The van der Waals surface area contributed by atoms with Crippen LogP contribution in [0.1, 0.15) is 51.0 Å². The predicted octanol–water partition coefficient (Wildman–Crippen LogP) is 3.24. The Bertz CT molecular complexity index is 674. The molecule has 0 aliphatic carbocycles. The van der Waals surface area contributed by atoms with Crippen molar-refractivity contribution in [2.75, 3.05) is 13.1 Å². The predicted molar refractivity (Wildman–Crippen MR) is 90.9 cm³/mol. The van der Waals surface area contributed by atoms with Crippen molar-refractivity contribution in [1.29, 1.82) is 0 Å². The third kappa shape index (κ3) is 4.35. The maximum absolute atomic E-state index is 12.2. The van der Waals surface area contributed by atoms with Gasteiger partial charge in [-0.2, -0.15) is 4.98 Å². The first-order valence-corrected chi connectivity index (χ1v) is 8.58. The average Bonchev–Trinajstić information content (AvgIpc) is 3.09. The lowest BCUT2D eigenvalue weighted by atomic mass is 9.80. The number of nitrogens with zero attached hydrogens (tertiary/aromatic N) is 4. The van der Waals surface area contributed by atoms with Gasteiger partial charge in [-0.3, -0.25) is 4.98 Å². The highest BCUT2D eigenvalue weighted by Gasteiger charge is 2.34. The lowest BCUT2D eigenvalue weighted by Gasteiger charge is -2.35. The number of rotatable bonds is 3. The van der Waals surface area contributed by atoms with E-state index >= 15 is 0 Å². The van der Waals surface area contributed by atoms with Crippen LogP contribution in [0.25, 0.3) is 0 Å². The monoisotopic (exact) mass is 344 g/mol. The molecule has 1 fully saturated rings. The van der Waals surface area contributed by atoms with Crippen LogP contribution in [-0.4, -0.2) is 44.8 Å². The van der Waals surface area contributed by atoms with E-state index in [1.807, 2.05) is 32.9 Å². The zero-order valence-corrected chi connectivity index (χ0v) is 14.9. The van der Waals surface area contributed by atoms with Crippen molar-refractivity contribution in [2.45, 2.75) is 45.1 Å². The molecule has 1 aliphatic rings. The van der Waals surface area contributed by atoms with Crippen molar-refractivity contribution in [1.82, 2.24) is 20.0 Å². The summed E-state index contributed by atoms with van der Waals surface area (Å²) in [5.41, 5.74) is 0.632. The number of pyridine rings is 1. The van der Waals surface area contributed by atoms with Gasteiger partial charge in [0.25, 0.3) is 0 Å². The summed E-state index contributed by atoms with van der Waals surface area (Å²) in [4.78, 5) is 22.4. The minimum absolute atomic E-state index is 0.0197. The van der Waals surface area contributed by atoms with E-state index in [1.165, 1.54) is 6.33 Å². The van der Waals surface area contributed by atoms with E-state index in [0.29, 0.717) is 24.9 Å². The van der Waals surface area contributed by atoms with Gasteiger partial charge in [0, 0.05) is 25.5 Å². The molecule has 1 saturated heterocycles. The van der Waals surface area contributed by atoms with Crippen LogP contribution in [0, 0.1) is 5.92 Å². The third-order valence-corrected chi connectivity index (χ3v) is 4.37. The second kappa shape index (κ2) is 7.21. The van der Waals surface area contributed by atoms with Gasteiger partial charge < -0.3 is 14.2 Å². The summed E-state index contributed by atoms with van der Waals surface area (Å²) in [6.45, 7) is 6.97. The largest absolute Gasteiger partial charge is 0.444 e. The summed E-state index contributed by atoms with van der Waals surface area (Å²) in [5.74, 6) is 0.953. The van der Waals surface area contributed by atoms with Crippen molar-refractivity contribution in [3.63, 3.8) is 0 Å². The van der Waals surface area contributed by atoms with Gasteiger partial charge in [0.15, 0.2) is 6.33 Å². The normalized spacial score (nSPS) is 17.3. The zero-order chi connectivity index (χ0) is 17.9. The lowest BCUT2D eigenvalue weighted by molar-refractivity contribution is 0.0175. The molecule has 134 valence electrons. The molecule has 0 N–H and O–H groups in total. The first-order chi connectivity index (χ1) is 11.9. The fourth-order valence-corrected chi connectivity index (χ4v) is 3.25. The molecular formula is C18H24N4O3. The first-order valence-electron chi connectivity index (χ1n) is 8.58. The Kier molecular flexibility index (Phi) is 5.01. The molecule has 0 bridgehead atoms. The van der Waals surface area contributed by atoms with E-state index < -0.39 is 5.60 Å². The maximum atomic E-state index is 12.2. The molecule has 3 rings (SSSR count). The number of hydrogen-bond donors (Lipinski definition) is 0. The number of carbonyl (C=O) groups excluding carboxylic acids is 1. The van der Waals surface area contributed by atoms with E-state index in [2.05, 4.69) is 15.1 Å². The quantitative estimate of drug-likeness (QED) is 0.850. The molecule has 2 aromatic rings. The summed E-state index contributed by atoms with van der Waals surface area (Å²) < 4.78 is 10.8. The van der Waals surface area contributed by atoms with Gasteiger partial charge in [0.2, 0.25) is 5.89 Å². The number of amides is 1. The summed E-state index contributed by atoms with van der Waals surface area (Å²) in [6.07, 6.45) is 6.44. The van der Waals surface area contributed by atoms with Gasteiger partial charge in [-0.25, -0.2) is 4.79 Å². The lowest BCUT2D eigenvalue weighted by Crippen LogP contribution is -2.42. The number of piperidine rings is 1. The molecule has 7 nitrogen and oxygen atoms in total. The van der Waals surface area contributed by atoms with E-state index in [-0.39, 0.29) is 12.0 Å². The second-order valence-corrected chi connectivity index (χ2v) is 7.34. The van der Waals surface area contributed by atoms with Gasteiger partial charge in [-0.15, -0.1) is 0 Å². The van der Waals surface area contributed by atoms with Gasteiger partial charge in [0.1, 0.15) is 5.60 Å². The smallest absolute Gasteiger partial charge is 0.410 e. The Morgan fingerprint density at radius 1 is 1.28 bits per heavy atom. The van der Waals surface area contributed by atoms with Crippen LogP contribution in [0.2, 0.25) is 0 Å². The number of aromatic nitrogens is 3. The number of ether oxygens (including phenoxy) is 1. The topological polar surface area (TPSA) is 81.4 Å². The average molecular weight is 344 g/mol. The number of carbonyl (C=O) groups is 1. The van der Waals surface area contributed by atoms with Crippen molar-refractivity contribution in [2.24, 2.45) is 5.92 Å². The van der Waals surface area contributed by atoms with Gasteiger partial charge in [-0.1, -0.05) is 5.16 Å². The van der Waals surface area contributed by atoms with Crippen LogP contribution in [-0.2, 0) is 4.74 Å². The van der Waals surface area contributed by atoms with Crippen LogP contribution in [0.15, 0.2) is 35.4 Å². The Balaban J connectivity index is 1.70. The Morgan fingerprint density at radius 2 is 1.96 bits per heavy atom. The van der Waals surface area contributed by atoms with Crippen LogP contribution >= 0.6 is 0 Å². The SMILES string of the molecule is CC(C)(C)OC(=O)N1CCC(C(c2ccncc2)c2ncno2)CC1. The number of hydrogen-bond acceptors (Lipinski definition) is 6. The number of likely N-dealkylation sites (tertiary alicyclic amines) is 1. The molecule has 0 spiro atoms.